The lowest BCUT2D eigenvalue weighted by Crippen LogP contribution is -2.04. The highest BCUT2D eigenvalue weighted by Crippen LogP contribution is 2.34. The number of nitrogens with one attached hydrogen (secondary N) is 1. The Morgan fingerprint density at radius 2 is 1.61 bits per heavy atom. The van der Waals surface area contributed by atoms with Gasteiger partial charge in [0.15, 0.2) is 11.5 Å². The summed E-state index contributed by atoms with van der Waals surface area (Å²) in [6.45, 7) is 3.53. The van der Waals surface area contributed by atoms with Crippen molar-refractivity contribution in [2.24, 2.45) is 0 Å². The molecular weight excluding hydrogens is 374 g/mol. The number of methoxy groups -OCH3 is 1. The number of benzene rings is 3. The van der Waals surface area contributed by atoms with Crippen molar-refractivity contribution < 1.29 is 14.2 Å². The van der Waals surface area contributed by atoms with Gasteiger partial charge in [-0.15, -0.1) is 0 Å². The predicted molar refractivity (Wildman–Crippen MR) is 114 cm³/mol. The van der Waals surface area contributed by atoms with E-state index in [0.717, 1.165) is 22.6 Å². The largest absolute Gasteiger partial charge is 0.497 e. The van der Waals surface area contributed by atoms with E-state index in [9.17, 15) is 0 Å². The van der Waals surface area contributed by atoms with E-state index in [2.05, 4.69) is 5.32 Å². The lowest BCUT2D eigenvalue weighted by atomic mass is 10.2. The minimum absolute atomic E-state index is 0.459. The molecule has 1 N–H and O–H groups in total. The molecule has 0 unspecified atom stereocenters. The summed E-state index contributed by atoms with van der Waals surface area (Å²) in [5, 5.41) is 4.00. The van der Waals surface area contributed by atoms with Crippen LogP contribution in [0.25, 0.3) is 0 Å². The molecule has 0 spiro atoms. The zero-order chi connectivity index (χ0) is 19.8. The number of ether oxygens (including phenoxy) is 3. The Hall–Kier alpha value is -2.85. The van der Waals surface area contributed by atoms with Crippen molar-refractivity contribution in [3.8, 4) is 17.2 Å². The van der Waals surface area contributed by atoms with Crippen molar-refractivity contribution in [3.63, 3.8) is 0 Å². The van der Waals surface area contributed by atoms with Gasteiger partial charge in [0.1, 0.15) is 12.4 Å². The number of hydrogen-bond acceptors (Lipinski definition) is 4. The molecule has 0 bridgehead atoms. The van der Waals surface area contributed by atoms with Crippen molar-refractivity contribution in [2.45, 2.75) is 20.1 Å². The molecule has 0 saturated carbocycles. The van der Waals surface area contributed by atoms with E-state index >= 15 is 0 Å². The zero-order valence-corrected chi connectivity index (χ0v) is 16.8. The zero-order valence-electron chi connectivity index (χ0n) is 16.1. The second-order valence-electron chi connectivity index (χ2n) is 6.18. The molecule has 0 radical (unpaired) electrons. The van der Waals surface area contributed by atoms with Crippen LogP contribution in [0.4, 0.5) is 5.69 Å². The smallest absolute Gasteiger partial charge is 0.163 e. The molecule has 28 heavy (non-hydrogen) atoms. The van der Waals surface area contributed by atoms with Gasteiger partial charge >= 0.3 is 0 Å². The summed E-state index contributed by atoms with van der Waals surface area (Å²) in [7, 11) is 1.65. The topological polar surface area (TPSA) is 39.7 Å². The minimum Gasteiger partial charge on any atom is -0.497 e. The first-order valence-corrected chi connectivity index (χ1v) is 9.57. The van der Waals surface area contributed by atoms with Crippen LogP contribution in [0, 0.1) is 0 Å². The van der Waals surface area contributed by atoms with Gasteiger partial charge in [-0.3, -0.25) is 0 Å². The Balaban J connectivity index is 1.71. The van der Waals surface area contributed by atoms with E-state index in [1.54, 1.807) is 7.11 Å². The highest BCUT2D eigenvalue weighted by molar-refractivity contribution is 6.31. The summed E-state index contributed by atoms with van der Waals surface area (Å²) in [6.07, 6.45) is 0. The van der Waals surface area contributed by atoms with Gasteiger partial charge < -0.3 is 19.5 Å². The van der Waals surface area contributed by atoms with Crippen molar-refractivity contribution in [1.82, 2.24) is 0 Å². The lowest BCUT2D eigenvalue weighted by molar-refractivity contribution is 0.269. The number of rotatable bonds is 9. The first-order chi connectivity index (χ1) is 13.7. The van der Waals surface area contributed by atoms with Crippen molar-refractivity contribution in [2.75, 3.05) is 19.0 Å². The molecule has 3 rings (SSSR count). The van der Waals surface area contributed by atoms with E-state index in [1.165, 1.54) is 0 Å². The van der Waals surface area contributed by atoms with Crippen LogP contribution in [0.1, 0.15) is 18.1 Å². The van der Waals surface area contributed by atoms with Crippen LogP contribution in [0.3, 0.4) is 0 Å². The number of anilines is 1. The number of hydrogen-bond donors (Lipinski definition) is 1. The van der Waals surface area contributed by atoms with Crippen LogP contribution in [0.5, 0.6) is 17.2 Å². The van der Waals surface area contributed by atoms with Crippen LogP contribution >= 0.6 is 11.6 Å². The molecule has 0 saturated heterocycles. The monoisotopic (exact) mass is 397 g/mol. The molecule has 0 aliphatic carbocycles. The van der Waals surface area contributed by atoms with E-state index in [1.807, 2.05) is 73.7 Å². The summed E-state index contributed by atoms with van der Waals surface area (Å²) in [4.78, 5) is 0. The average Bonchev–Trinajstić information content (AvgIpc) is 2.74. The van der Waals surface area contributed by atoms with Crippen molar-refractivity contribution in [3.05, 3.63) is 82.9 Å². The van der Waals surface area contributed by atoms with Crippen molar-refractivity contribution >= 4 is 17.3 Å². The molecule has 0 aromatic heterocycles. The first kappa shape index (κ1) is 19.9. The van der Waals surface area contributed by atoms with Crippen LogP contribution in [0.2, 0.25) is 5.02 Å². The summed E-state index contributed by atoms with van der Waals surface area (Å²) in [6, 6.07) is 21.5. The van der Waals surface area contributed by atoms with Gasteiger partial charge in [-0.05, 0) is 48.4 Å². The first-order valence-electron chi connectivity index (χ1n) is 9.19. The summed E-state index contributed by atoms with van der Waals surface area (Å²) >= 11 is 6.50. The summed E-state index contributed by atoms with van der Waals surface area (Å²) in [5.74, 6) is 2.15. The van der Waals surface area contributed by atoms with Gasteiger partial charge in [0.25, 0.3) is 0 Å². The fourth-order valence-electron chi connectivity index (χ4n) is 2.74. The summed E-state index contributed by atoms with van der Waals surface area (Å²) in [5.41, 5.74) is 3.01. The maximum Gasteiger partial charge on any atom is 0.163 e. The second kappa shape index (κ2) is 9.90. The Morgan fingerprint density at radius 3 is 2.29 bits per heavy atom. The Labute approximate surface area is 171 Å². The van der Waals surface area contributed by atoms with E-state index < -0.39 is 0 Å². The minimum atomic E-state index is 0.459. The SMILES string of the molecule is CCOc1cc(CNc2ccc(OC)cc2)c(Cl)cc1OCc1ccccc1. The predicted octanol–water partition coefficient (Wildman–Crippen LogP) is 5.94. The molecule has 0 aliphatic heterocycles. The van der Waals surface area contributed by atoms with Crippen LogP contribution < -0.4 is 19.5 Å². The van der Waals surface area contributed by atoms with Gasteiger partial charge in [0.2, 0.25) is 0 Å². The van der Waals surface area contributed by atoms with Crippen LogP contribution in [-0.2, 0) is 13.2 Å². The third kappa shape index (κ3) is 5.33. The molecule has 3 aromatic carbocycles. The summed E-state index contributed by atoms with van der Waals surface area (Å²) < 4.78 is 16.9. The van der Waals surface area contributed by atoms with E-state index in [-0.39, 0.29) is 0 Å². The molecule has 0 fully saturated rings. The standard InChI is InChI=1S/C23H24ClNO3/c1-3-27-22-13-18(15-25-19-9-11-20(26-2)12-10-19)21(24)14-23(22)28-16-17-7-5-4-6-8-17/h4-14,25H,3,15-16H2,1-2H3. The van der Waals surface area contributed by atoms with Gasteiger partial charge in [-0.2, -0.15) is 0 Å². The number of halogens is 1. The molecule has 0 heterocycles. The van der Waals surface area contributed by atoms with Gasteiger partial charge in [-0.1, -0.05) is 41.9 Å². The Morgan fingerprint density at radius 1 is 0.893 bits per heavy atom. The van der Waals surface area contributed by atoms with Gasteiger partial charge in [0, 0.05) is 23.3 Å². The van der Waals surface area contributed by atoms with Crippen LogP contribution in [-0.4, -0.2) is 13.7 Å². The molecule has 146 valence electrons. The second-order valence-corrected chi connectivity index (χ2v) is 6.59. The van der Waals surface area contributed by atoms with Crippen molar-refractivity contribution in [1.29, 1.82) is 0 Å². The van der Waals surface area contributed by atoms with E-state index in [4.69, 9.17) is 25.8 Å². The molecule has 3 aromatic rings. The molecule has 0 aliphatic rings. The highest BCUT2D eigenvalue weighted by Gasteiger charge is 2.12. The van der Waals surface area contributed by atoms with Crippen LogP contribution in [0.15, 0.2) is 66.7 Å². The van der Waals surface area contributed by atoms with E-state index in [0.29, 0.717) is 36.3 Å². The Kier molecular flexibility index (Phi) is 7.04. The van der Waals surface area contributed by atoms with Gasteiger partial charge in [-0.25, -0.2) is 0 Å². The molecule has 0 atom stereocenters. The maximum atomic E-state index is 6.50. The Bertz CT molecular complexity index is 882. The third-order valence-electron chi connectivity index (χ3n) is 4.22. The average molecular weight is 398 g/mol. The molecule has 0 amide bonds. The maximum absolute atomic E-state index is 6.50. The molecule has 5 heteroatoms. The third-order valence-corrected chi connectivity index (χ3v) is 4.57. The fraction of sp³-hybridized carbons (Fsp3) is 0.217. The molecular formula is C23H24ClNO3. The highest BCUT2D eigenvalue weighted by atomic mass is 35.5. The quantitative estimate of drug-likeness (QED) is 0.485. The molecule has 4 nitrogen and oxygen atoms in total. The fourth-order valence-corrected chi connectivity index (χ4v) is 2.96. The lowest BCUT2D eigenvalue weighted by Gasteiger charge is -2.16. The van der Waals surface area contributed by atoms with Gasteiger partial charge in [0.05, 0.1) is 13.7 Å². The normalized spacial score (nSPS) is 10.4.